The number of hydrogen-bond donors (Lipinski definition) is 0. The second-order valence-corrected chi connectivity index (χ2v) is 3.16. The Morgan fingerprint density at radius 3 is 2.92 bits per heavy atom. The van der Waals surface area contributed by atoms with Crippen LogP contribution in [0.25, 0.3) is 0 Å². The predicted octanol–water partition coefficient (Wildman–Crippen LogP) is 0.815. The highest BCUT2D eigenvalue weighted by Gasteiger charge is 2.13. The van der Waals surface area contributed by atoms with Crippen LogP contribution in [0.5, 0.6) is 0 Å². The predicted molar refractivity (Wildman–Crippen MR) is 53.3 cm³/mol. The molecule has 0 aromatic carbocycles. The summed E-state index contributed by atoms with van der Waals surface area (Å²) in [5.74, 6) is -0.436. The maximum Gasteiger partial charge on any atom is 0.338 e. The molecule has 1 aromatic heterocycles. The fourth-order valence-electron chi connectivity index (χ4n) is 0.869. The molecule has 3 nitrogen and oxygen atoms in total. The second kappa shape index (κ2) is 4.41. The smallest absolute Gasteiger partial charge is 0.338 e. The van der Waals surface area contributed by atoms with E-state index < -0.39 is 5.97 Å². The molecule has 0 amide bonds. The van der Waals surface area contributed by atoms with Gasteiger partial charge in [0.15, 0.2) is 0 Å². The molecule has 0 saturated carbocycles. The molecule has 0 aliphatic heterocycles. The van der Waals surface area contributed by atoms with Crippen molar-refractivity contribution in [1.29, 1.82) is 0 Å². The van der Waals surface area contributed by atoms with Gasteiger partial charge in [-0.2, -0.15) is 0 Å². The number of ether oxygens (including phenoxy) is 1. The average molecular weight is 240 g/mol. The van der Waals surface area contributed by atoms with E-state index in [0.717, 1.165) is 0 Å². The van der Waals surface area contributed by atoms with E-state index in [1.165, 1.54) is 12.4 Å². The molecule has 1 heterocycles. The molecule has 0 spiro atoms. The van der Waals surface area contributed by atoms with E-state index in [1.807, 2.05) is 0 Å². The van der Waals surface area contributed by atoms with E-state index in [9.17, 15) is 4.79 Å². The van der Waals surface area contributed by atoms with Crippen LogP contribution in [0.15, 0.2) is 16.9 Å². The van der Waals surface area contributed by atoms with Crippen molar-refractivity contribution < 1.29 is 9.53 Å². The largest absolute Gasteiger partial charge is 0.462 e. The molecule has 66 valence electrons. The lowest BCUT2D eigenvalue weighted by molar-refractivity contribution is 0.0527. The summed E-state index contributed by atoms with van der Waals surface area (Å²) < 4.78 is 5.36. The number of halogens is 1. The molecule has 1 aromatic rings. The van der Waals surface area contributed by atoms with Gasteiger partial charge in [0.25, 0.3) is 0 Å². The molecule has 0 saturated heterocycles. The van der Waals surface area contributed by atoms with Gasteiger partial charge in [0.2, 0.25) is 0 Å². The first-order valence-corrected chi connectivity index (χ1v) is 4.52. The Morgan fingerprint density at radius 1 is 1.69 bits per heavy atom. The van der Waals surface area contributed by atoms with E-state index >= 15 is 0 Å². The van der Waals surface area contributed by atoms with Crippen molar-refractivity contribution in [2.45, 2.75) is 6.92 Å². The zero-order chi connectivity index (χ0) is 9.84. The molecule has 0 atom stereocenters. The second-order valence-electron chi connectivity index (χ2n) is 2.31. The average Bonchev–Trinajstić information content (AvgIpc) is 2.04. The van der Waals surface area contributed by atoms with Crippen LogP contribution in [0.2, 0.25) is 0 Å². The Balaban J connectivity index is 3.05. The van der Waals surface area contributed by atoms with Crippen molar-refractivity contribution in [2.24, 2.45) is 0 Å². The molecule has 0 unspecified atom stereocenters. The Bertz CT molecular complexity index is 310. The van der Waals surface area contributed by atoms with E-state index in [1.54, 1.807) is 6.92 Å². The van der Waals surface area contributed by atoms with Crippen molar-refractivity contribution in [3.05, 3.63) is 22.4 Å². The Morgan fingerprint density at radius 2 is 2.38 bits per heavy atom. The maximum atomic E-state index is 11.3. The summed E-state index contributed by atoms with van der Waals surface area (Å²) in [4.78, 5) is 15.1. The van der Waals surface area contributed by atoms with Gasteiger partial charge in [-0.05, 0) is 22.9 Å². The molecule has 2 radical (unpaired) electrons. The third-order valence-electron chi connectivity index (χ3n) is 1.41. The Kier molecular flexibility index (Phi) is 3.48. The lowest BCUT2D eigenvalue weighted by Crippen LogP contribution is -2.19. The van der Waals surface area contributed by atoms with Gasteiger partial charge in [0, 0.05) is 16.9 Å². The summed E-state index contributed by atoms with van der Waals surface area (Å²) in [6.07, 6.45) is 2.92. The fourth-order valence-corrected chi connectivity index (χ4v) is 1.38. The molecule has 1 rings (SSSR count). The summed E-state index contributed by atoms with van der Waals surface area (Å²) >= 11 is 3.17. The Hall–Kier alpha value is -0.835. The van der Waals surface area contributed by atoms with Crippen LogP contribution in [0.1, 0.15) is 17.3 Å². The van der Waals surface area contributed by atoms with Crippen molar-refractivity contribution in [3.8, 4) is 0 Å². The highest BCUT2D eigenvalue weighted by molar-refractivity contribution is 9.10. The third-order valence-corrected chi connectivity index (χ3v) is 2.01. The molecular formula is C8H7BBrNO2. The first kappa shape index (κ1) is 10.2. The topological polar surface area (TPSA) is 39.2 Å². The van der Waals surface area contributed by atoms with Gasteiger partial charge >= 0.3 is 5.97 Å². The highest BCUT2D eigenvalue weighted by atomic mass is 79.9. The van der Waals surface area contributed by atoms with Crippen LogP contribution in [-0.4, -0.2) is 25.4 Å². The van der Waals surface area contributed by atoms with Crippen molar-refractivity contribution in [2.75, 3.05) is 6.61 Å². The summed E-state index contributed by atoms with van der Waals surface area (Å²) in [5, 5.41) is 0. The number of rotatable bonds is 2. The minimum absolute atomic E-state index is 0.313. The number of hydrogen-bond acceptors (Lipinski definition) is 3. The number of nitrogens with zero attached hydrogens (tertiary/aromatic N) is 1. The minimum atomic E-state index is -0.436. The van der Waals surface area contributed by atoms with Gasteiger partial charge in [-0.15, -0.1) is 0 Å². The van der Waals surface area contributed by atoms with Gasteiger partial charge in [0.05, 0.1) is 12.2 Å². The lowest BCUT2D eigenvalue weighted by atomic mass is 9.93. The van der Waals surface area contributed by atoms with Crippen LogP contribution < -0.4 is 5.46 Å². The maximum absolute atomic E-state index is 11.3. The van der Waals surface area contributed by atoms with Crippen molar-refractivity contribution in [3.63, 3.8) is 0 Å². The van der Waals surface area contributed by atoms with Crippen LogP contribution in [0.3, 0.4) is 0 Å². The lowest BCUT2D eigenvalue weighted by Gasteiger charge is -2.06. The van der Waals surface area contributed by atoms with Crippen molar-refractivity contribution in [1.82, 2.24) is 4.98 Å². The number of carbonyl (C=O) groups is 1. The standard InChI is InChI=1S/C8H7BBrNO2/c1-2-13-8(12)7-5(9)3-11-4-6(7)10/h3-4H,2H2,1H3. The third kappa shape index (κ3) is 2.31. The fraction of sp³-hybridized carbons (Fsp3) is 0.250. The van der Waals surface area contributed by atoms with Gasteiger partial charge < -0.3 is 4.74 Å². The monoisotopic (exact) mass is 239 g/mol. The van der Waals surface area contributed by atoms with Crippen LogP contribution in [0.4, 0.5) is 0 Å². The number of pyridine rings is 1. The molecule has 0 N–H and O–H groups in total. The number of aromatic nitrogens is 1. The molecule has 0 aliphatic rings. The number of esters is 1. The van der Waals surface area contributed by atoms with Gasteiger partial charge in [-0.25, -0.2) is 4.79 Å². The summed E-state index contributed by atoms with van der Waals surface area (Å²) in [6, 6.07) is 0. The first-order valence-electron chi connectivity index (χ1n) is 3.73. The molecule has 13 heavy (non-hydrogen) atoms. The number of carbonyl (C=O) groups excluding carboxylic acids is 1. The molecule has 0 bridgehead atoms. The van der Waals surface area contributed by atoms with E-state index in [-0.39, 0.29) is 0 Å². The Labute approximate surface area is 86.0 Å². The molecule has 5 heteroatoms. The zero-order valence-corrected chi connectivity index (χ0v) is 8.67. The summed E-state index contributed by atoms with van der Waals surface area (Å²) in [7, 11) is 5.56. The normalized spacial score (nSPS) is 9.69. The van der Waals surface area contributed by atoms with Crippen LogP contribution in [0, 0.1) is 0 Å². The molecular weight excluding hydrogens is 233 g/mol. The van der Waals surface area contributed by atoms with Crippen molar-refractivity contribution >= 4 is 35.2 Å². The SMILES string of the molecule is [B]c1cncc(Br)c1C(=O)OCC. The van der Waals surface area contributed by atoms with Gasteiger partial charge in [-0.1, -0.05) is 5.46 Å². The highest BCUT2D eigenvalue weighted by Crippen LogP contribution is 2.13. The van der Waals surface area contributed by atoms with E-state index in [0.29, 0.717) is 22.1 Å². The summed E-state index contributed by atoms with van der Waals surface area (Å²) in [6.45, 7) is 2.07. The quantitative estimate of drug-likeness (QED) is 0.567. The zero-order valence-electron chi connectivity index (χ0n) is 7.08. The molecule has 0 aliphatic carbocycles. The van der Waals surface area contributed by atoms with Crippen LogP contribution >= 0.6 is 15.9 Å². The van der Waals surface area contributed by atoms with Gasteiger partial charge in [0.1, 0.15) is 7.85 Å². The minimum Gasteiger partial charge on any atom is -0.462 e. The molecule has 0 fully saturated rings. The van der Waals surface area contributed by atoms with Crippen LogP contribution in [-0.2, 0) is 4.74 Å². The first-order chi connectivity index (χ1) is 6.16. The van der Waals surface area contributed by atoms with E-state index in [2.05, 4.69) is 20.9 Å². The summed E-state index contributed by atoms with van der Waals surface area (Å²) in [5.41, 5.74) is 0.643. The van der Waals surface area contributed by atoms with E-state index in [4.69, 9.17) is 12.6 Å². The van der Waals surface area contributed by atoms with Gasteiger partial charge in [-0.3, -0.25) is 4.98 Å².